The molecule has 0 aromatic heterocycles. The van der Waals surface area contributed by atoms with Crippen LogP contribution in [0.1, 0.15) is 27.0 Å². The molecule has 0 bridgehead atoms. The highest BCUT2D eigenvalue weighted by Crippen LogP contribution is 2.29. The Morgan fingerprint density at radius 2 is 1.81 bits per heavy atom. The summed E-state index contributed by atoms with van der Waals surface area (Å²) in [5.41, 5.74) is -0.155. The fourth-order valence-corrected chi connectivity index (χ4v) is 2.53. The van der Waals surface area contributed by atoms with Gasteiger partial charge in [0.2, 0.25) is 0 Å². The molecule has 9 heteroatoms. The largest absolute Gasteiger partial charge is 0.416 e. The molecule has 140 valence electrons. The van der Waals surface area contributed by atoms with Gasteiger partial charge in [-0.15, -0.1) is 5.06 Å². The molecule has 1 heterocycles. The van der Waals surface area contributed by atoms with Gasteiger partial charge in [0.05, 0.1) is 5.56 Å². The molecule has 1 aliphatic rings. The first-order valence-corrected chi connectivity index (χ1v) is 7.71. The molecule has 2 aromatic rings. The lowest BCUT2D eigenvalue weighted by Crippen LogP contribution is -2.40. The molecular formula is C18H13F3N2O4. The number of hydrogen-bond donors (Lipinski definition) is 0. The topological polar surface area (TPSA) is 68.2 Å². The summed E-state index contributed by atoms with van der Waals surface area (Å²) in [7, 11) is 1.25. The number of hydrogen-bond acceptors (Lipinski definition) is 5. The molecule has 2 amide bonds. The summed E-state index contributed by atoms with van der Waals surface area (Å²) in [4.78, 5) is 35.4. The molecule has 0 radical (unpaired) electrons. The molecule has 0 fully saturated rings. The van der Waals surface area contributed by atoms with E-state index < -0.39 is 23.6 Å². The summed E-state index contributed by atoms with van der Waals surface area (Å²) in [6.07, 6.45) is -4.53. The first-order valence-electron chi connectivity index (χ1n) is 7.71. The van der Waals surface area contributed by atoms with Gasteiger partial charge in [-0.1, -0.05) is 29.4 Å². The van der Waals surface area contributed by atoms with Crippen LogP contribution in [-0.2, 0) is 27.3 Å². The predicted molar refractivity (Wildman–Crippen MR) is 87.4 cm³/mol. The highest BCUT2D eigenvalue weighted by molar-refractivity contribution is 6.47. The minimum absolute atomic E-state index is 0.100. The van der Waals surface area contributed by atoms with E-state index in [1.54, 1.807) is 24.3 Å². The van der Waals surface area contributed by atoms with Gasteiger partial charge in [0.1, 0.15) is 13.7 Å². The number of carbonyl (C=O) groups is 2. The number of halogens is 3. The molecule has 2 aromatic carbocycles. The van der Waals surface area contributed by atoms with E-state index in [1.807, 2.05) is 0 Å². The Morgan fingerprint density at radius 3 is 2.44 bits per heavy atom. The molecule has 0 saturated heterocycles. The Hall–Kier alpha value is -3.20. The molecule has 0 aliphatic carbocycles. The van der Waals surface area contributed by atoms with Crippen molar-refractivity contribution in [1.29, 1.82) is 0 Å². The van der Waals surface area contributed by atoms with Crippen LogP contribution in [0.4, 0.5) is 13.2 Å². The maximum absolute atomic E-state index is 12.7. The average Bonchev–Trinajstić information content (AvgIpc) is 2.78. The van der Waals surface area contributed by atoms with Crippen LogP contribution in [0.2, 0.25) is 0 Å². The van der Waals surface area contributed by atoms with E-state index in [-0.39, 0.29) is 17.9 Å². The quantitative estimate of drug-likeness (QED) is 0.595. The number of oxime groups is 1. The fraction of sp³-hybridized carbons (Fsp3) is 0.167. The summed E-state index contributed by atoms with van der Waals surface area (Å²) < 4.78 is 38.0. The molecule has 6 nitrogen and oxygen atoms in total. The number of carbonyl (C=O) groups excluding carboxylic acids is 2. The number of rotatable bonds is 2. The van der Waals surface area contributed by atoms with Crippen molar-refractivity contribution in [2.75, 3.05) is 7.11 Å². The molecule has 3 rings (SSSR count). The Balaban J connectivity index is 1.94. The zero-order valence-corrected chi connectivity index (χ0v) is 14.0. The van der Waals surface area contributed by atoms with Crippen LogP contribution in [0.25, 0.3) is 0 Å². The van der Waals surface area contributed by atoms with Crippen molar-refractivity contribution in [3.05, 3.63) is 70.8 Å². The fourth-order valence-electron chi connectivity index (χ4n) is 2.53. The smallest absolute Gasteiger partial charge is 0.398 e. The number of imide groups is 1. The number of benzene rings is 2. The maximum atomic E-state index is 12.7. The molecular weight excluding hydrogens is 365 g/mol. The molecule has 0 spiro atoms. The first-order chi connectivity index (χ1) is 12.8. The Bertz CT molecular complexity index is 908. The van der Waals surface area contributed by atoms with E-state index in [1.165, 1.54) is 7.11 Å². The number of amides is 2. The van der Waals surface area contributed by atoms with Crippen molar-refractivity contribution in [3.8, 4) is 0 Å². The number of hydroxylamine groups is 2. The van der Waals surface area contributed by atoms with Crippen LogP contribution in [0.5, 0.6) is 0 Å². The zero-order chi connectivity index (χ0) is 19.6. The lowest BCUT2D eigenvalue weighted by atomic mass is 10.0. The minimum Gasteiger partial charge on any atom is -0.398 e. The van der Waals surface area contributed by atoms with Crippen LogP contribution in [0.15, 0.2) is 53.7 Å². The maximum Gasteiger partial charge on any atom is 0.416 e. The van der Waals surface area contributed by atoms with Gasteiger partial charge >= 0.3 is 12.1 Å². The van der Waals surface area contributed by atoms with E-state index in [0.717, 1.165) is 24.3 Å². The van der Waals surface area contributed by atoms with Gasteiger partial charge in [0, 0.05) is 11.1 Å². The molecule has 0 saturated carbocycles. The molecule has 0 N–H and O–H groups in total. The van der Waals surface area contributed by atoms with E-state index in [2.05, 4.69) is 5.16 Å². The summed E-state index contributed by atoms with van der Waals surface area (Å²) in [6.45, 7) is -0.100. The Kier molecular flexibility index (Phi) is 4.95. The summed E-state index contributed by atoms with van der Waals surface area (Å²) in [6, 6.07) is 10.2. The van der Waals surface area contributed by atoms with E-state index >= 15 is 0 Å². The van der Waals surface area contributed by atoms with E-state index in [4.69, 9.17) is 9.68 Å². The second-order valence-electron chi connectivity index (χ2n) is 5.53. The number of fused-ring (bicyclic) bond motifs is 1. The van der Waals surface area contributed by atoms with Crippen molar-refractivity contribution in [3.63, 3.8) is 0 Å². The first kappa shape index (κ1) is 18.6. The third-order valence-electron chi connectivity index (χ3n) is 3.83. The van der Waals surface area contributed by atoms with Crippen molar-refractivity contribution >= 4 is 17.5 Å². The SMILES string of the molecule is CO/N=C1/C(=O)N(C(=O)c2ccc(C(F)(F)F)cc2)OCc2ccccc21. The monoisotopic (exact) mass is 378 g/mol. The van der Waals surface area contributed by atoms with Crippen molar-refractivity contribution in [1.82, 2.24) is 5.06 Å². The predicted octanol–water partition coefficient (Wildman–Crippen LogP) is 3.17. The van der Waals surface area contributed by atoms with Crippen LogP contribution in [0.3, 0.4) is 0 Å². The van der Waals surface area contributed by atoms with Crippen molar-refractivity contribution < 1.29 is 32.4 Å². The highest BCUT2D eigenvalue weighted by Gasteiger charge is 2.35. The van der Waals surface area contributed by atoms with E-state index in [0.29, 0.717) is 16.2 Å². The summed E-state index contributed by atoms with van der Waals surface area (Å²) in [5.74, 6) is -1.79. The zero-order valence-electron chi connectivity index (χ0n) is 14.0. The standard InChI is InChI=1S/C18H13F3N2O4/c1-26-22-15-14-5-3-2-4-12(14)10-27-23(17(15)25)16(24)11-6-8-13(9-7-11)18(19,20)21/h2-9H,10H2,1H3/b22-15+. The Labute approximate surface area is 151 Å². The number of nitrogens with zero attached hydrogens (tertiary/aromatic N) is 2. The molecule has 1 aliphatic heterocycles. The minimum atomic E-state index is -4.53. The van der Waals surface area contributed by atoms with Gasteiger partial charge in [-0.3, -0.25) is 14.4 Å². The van der Waals surface area contributed by atoms with E-state index in [9.17, 15) is 22.8 Å². The summed E-state index contributed by atoms with van der Waals surface area (Å²) in [5, 5.41) is 4.16. The van der Waals surface area contributed by atoms with Gasteiger partial charge in [-0.25, -0.2) is 0 Å². The van der Waals surface area contributed by atoms with Gasteiger partial charge in [-0.2, -0.15) is 13.2 Å². The second-order valence-corrected chi connectivity index (χ2v) is 5.53. The normalized spacial score (nSPS) is 16.1. The lowest BCUT2D eigenvalue weighted by molar-refractivity contribution is -0.165. The van der Waals surface area contributed by atoms with Gasteiger partial charge < -0.3 is 4.84 Å². The lowest BCUT2D eigenvalue weighted by Gasteiger charge is -2.17. The second kappa shape index (κ2) is 7.20. The molecule has 27 heavy (non-hydrogen) atoms. The van der Waals surface area contributed by atoms with Crippen LogP contribution < -0.4 is 0 Å². The summed E-state index contributed by atoms with van der Waals surface area (Å²) >= 11 is 0. The van der Waals surface area contributed by atoms with Gasteiger partial charge in [-0.05, 0) is 29.8 Å². The third-order valence-corrected chi connectivity index (χ3v) is 3.83. The average molecular weight is 378 g/mol. The van der Waals surface area contributed by atoms with Crippen LogP contribution in [0, 0.1) is 0 Å². The van der Waals surface area contributed by atoms with Crippen LogP contribution in [-0.4, -0.2) is 29.7 Å². The van der Waals surface area contributed by atoms with Gasteiger partial charge in [0.15, 0.2) is 5.71 Å². The number of alkyl halides is 3. The third kappa shape index (κ3) is 3.68. The van der Waals surface area contributed by atoms with Crippen LogP contribution >= 0.6 is 0 Å². The highest BCUT2D eigenvalue weighted by atomic mass is 19.4. The van der Waals surface area contributed by atoms with Gasteiger partial charge in [0.25, 0.3) is 5.91 Å². The molecule has 0 unspecified atom stereocenters. The van der Waals surface area contributed by atoms with Crippen molar-refractivity contribution in [2.45, 2.75) is 12.8 Å². The molecule has 0 atom stereocenters. The Morgan fingerprint density at radius 1 is 1.15 bits per heavy atom. The van der Waals surface area contributed by atoms with Crippen molar-refractivity contribution in [2.24, 2.45) is 5.16 Å².